The zero-order valence-corrected chi connectivity index (χ0v) is 20.3. The topological polar surface area (TPSA) is 105 Å². The van der Waals surface area contributed by atoms with Gasteiger partial charge in [-0.1, -0.05) is 47.1 Å². The van der Waals surface area contributed by atoms with Crippen LogP contribution in [0.1, 0.15) is 41.0 Å². The fourth-order valence-corrected chi connectivity index (χ4v) is 5.63. The van der Waals surface area contributed by atoms with Gasteiger partial charge in [-0.25, -0.2) is 13.4 Å². The van der Waals surface area contributed by atoms with E-state index in [2.05, 4.69) is 15.5 Å². The lowest BCUT2D eigenvalue weighted by atomic mass is 9.97. The maximum atomic E-state index is 13.4. The average Bonchev–Trinajstić information content (AvgIpc) is 3.21. The molecular formula is C25H28N4O4S. The summed E-state index contributed by atoms with van der Waals surface area (Å²) in [5.41, 5.74) is 3.39. The predicted octanol–water partition coefficient (Wildman–Crippen LogP) is 4.20. The van der Waals surface area contributed by atoms with E-state index in [9.17, 15) is 13.2 Å². The van der Waals surface area contributed by atoms with Gasteiger partial charge in [0.1, 0.15) is 11.5 Å². The number of amides is 1. The molecule has 1 aliphatic heterocycles. The van der Waals surface area contributed by atoms with Crippen LogP contribution in [0.5, 0.6) is 0 Å². The minimum Gasteiger partial charge on any atom is -0.355 e. The molecule has 178 valence electrons. The van der Waals surface area contributed by atoms with Crippen LogP contribution < -0.4 is 5.32 Å². The third kappa shape index (κ3) is 5.26. The summed E-state index contributed by atoms with van der Waals surface area (Å²) < 4.78 is 33.6. The van der Waals surface area contributed by atoms with Crippen LogP contribution in [0.15, 0.2) is 52.0 Å². The Kier molecular flexibility index (Phi) is 6.95. The first-order valence-corrected chi connectivity index (χ1v) is 12.6. The van der Waals surface area contributed by atoms with Crippen LogP contribution in [0.2, 0.25) is 0 Å². The molecule has 8 nitrogen and oxygen atoms in total. The molecule has 1 aromatic carbocycles. The van der Waals surface area contributed by atoms with Crippen molar-refractivity contribution in [1.29, 1.82) is 0 Å². The number of aryl methyl sites for hydroxylation is 3. The summed E-state index contributed by atoms with van der Waals surface area (Å²) in [5, 5.41) is 6.72. The summed E-state index contributed by atoms with van der Waals surface area (Å²) in [7, 11) is -3.82. The van der Waals surface area contributed by atoms with E-state index in [-0.39, 0.29) is 35.6 Å². The van der Waals surface area contributed by atoms with Gasteiger partial charge in [-0.3, -0.25) is 4.79 Å². The highest BCUT2D eigenvalue weighted by Gasteiger charge is 2.36. The normalized spacial score (nSPS) is 15.6. The van der Waals surface area contributed by atoms with Gasteiger partial charge in [-0.05, 0) is 56.9 Å². The van der Waals surface area contributed by atoms with E-state index in [0.29, 0.717) is 24.4 Å². The third-order valence-corrected chi connectivity index (χ3v) is 7.98. The maximum absolute atomic E-state index is 13.4. The Bertz CT molecular complexity index is 1290. The van der Waals surface area contributed by atoms with E-state index in [1.54, 1.807) is 31.3 Å². The van der Waals surface area contributed by atoms with Crippen molar-refractivity contribution in [3.63, 3.8) is 0 Å². The maximum Gasteiger partial charge on any atom is 0.248 e. The van der Waals surface area contributed by atoms with Gasteiger partial charge in [0.05, 0.1) is 0 Å². The Morgan fingerprint density at radius 2 is 1.71 bits per heavy atom. The van der Waals surface area contributed by atoms with Crippen molar-refractivity contribution in [2.75, 3.05) is 18.4 Å². The van der Waals surface area contributed by atoms with Crippen LogP contribution in [0.4, 0.5) is 5.82 Å². The van der Waals surface area contributed by atoms with E-state index < -0.39 is 10.0 Å². The molecule has 0 spiro atoms. The van der Waals surface area contributed by atoms with Gasteiger partial charge in [-0.15, -0.1) is 0 Å². The van der Waals surface area contributed by atoms with E-state index in [4.69, 9.17) is 4.52 Å². The van der Waals surface area contributed by atoms with E-state index >= 15 is 0 Å². The van der Waals surface area contributed by atoms with Gasteiger partial charge in [0, 0.05) is 25.2 Å². The molecular weight excluding hydrogens is 452 g/mol. The lowest BCUT2D eigenvalue weighted by Crippen LogP contribution is -2.41. The van der Waals surface area contributed by atoms with Crippen molar-refractivity contribution in [2.45, 2.75) is 38.5 Å². The van der Waals surface area contributed by atoms with Gasteiger partial charge >= 0.3 is 0 Å². The Hall–Kier alpha value is -3.30. The first-order valence-electron chi connectivity index (χ1n) is 11.2. The van der Waals surface area contributed by atoms with Gasteiger partial charge in [0.25, 0.3) is 0 Å². The number of hydrogen-bond acceptors (Lipinski definition) is 6. The Balaban J connectivity index is 1.44. The molecule has 34 heavy (non-hydrogen) atoms. The van der Waals surface area contributed by atoms with Crippen LogP contribution in [-0.2, 0) is 14.8 Å². The first kappa shape index (κ1) is 23.8. The number of benzene rings is 1. The number of aromatic nitrogens is 2. The lowest BCUT2D eigenvalue weighted by Gasteiger charge is -2.30. The van der Waals surface area contributed by atoms with Crippen LogP contribution in [0.25, 0.3) is 12.2 Å². The molecule has 1 saturated heterocycles. The highest BCUT2D eigenvalue weighted by molar-refractivity contribution is 7.89. The standard InChI is InChI=1S/C25H28N4O4S/c1-17-4-7-20(8-5-17)9-10-22-24(19(3)28-33-22)34(31,32)29-14-12-21(13-15-29)25(30)27-23-11-6-18(2)16-26-23/h4-11,16,21H,12-15H2,1-3H3,(H,26,27,30). The smallest absolute Gasteiger partial charge is 0.248 e. The highest BCUT2D eigenvalue weighted by Crippen LogP contribution is 2.29. The number of nitrogens with one attached hydrogen (secondary N) is 1. The highest BCUT2D eigenvalue weighted by atomic mass is 32.2. The SMILES string of the molecule is Cc1ccc(C=Cc2onc(C)c2S(=O)(=O)N2CCC(C(=O)Nc3ccc(C)cn3)CC2)cc1. The number of rotatable bonds is 6. The molecule has 0 radical (unpaired) electrons. The number of sulfonamides is 1. The van der Waals surface area contributed by atoms with E-state index in [1.165, 1.54) is 4.31 Å². The number of hydrogen-bond donors (Lipinski definition) is 1. The summed E-state index contributed by atoms with van der Waals surface area (Å²) in [6.07, 6.45) is 5.98. The summed E-state index contributed by atoms with van der Waals surface area (Å²) >= 11 is 0. The zero-order valence-electron chi connectivity index (χ0n) is 19.5. The minimum atomic E-state index is -3.82. The predicted molar refractivity (Wildman–Crippen MR) is 130 cm³/mol. The monoisotopic (exact) mass is 480 g/mol. The summed E-state index contributed by atoms with van der Waals surface area (Å²) in [5.74, 6) is 0.273. The molecule has 0 unspecified atom stereocenters. The number of nitrogens with zero attached hydrogens (tertiary/aromatic N) is 3. The zero-order chi connectivity index (χ0) is 24.3. The van der Waals surface area contributed by atoms with E-state index in [0.717, 1.165) is 16.7 Å². The summed E-state index contributed by atoms with van der Waals surface area (Å²) in [4.78, 5) is 16.9. The van der Waals surface area contributed by atoms with Crippen molar-refractivity contribution in [2.24, 2.45) is 5.92 Å². The van der Waals surface area contributed by atoms with Crippen molar-refractivity contribution in [1.82, 2.24) is 14.4 Å². The summed E-state index contributed by atoms with van der Waals surface area (Å²) in [6.45, 7) is 6.04. The van der Waals surface area contributed by atoms with Crippen molar-refractivity contribution in [3.05, 3.63) is 70.7 Å². The molecule has 1 fully saturated rings. The Morgan fingerprint density at radius 1 is 1.03 bits per heavy atom. The van der Waals surface area contributed by atoms with Gasteiger partial charge in [0.15, 0.2) is 10.7 Å². The molecule has 4 rings (SSSR count). The van der Waals surface area contributed by atoms with Crippen molar-refractivity contribution in [3.8, 4) is 0 Å². The lowest BCUT2D eigenvalue weighted by molar-refractivity contribution is -0.120. The number of carbonyl (C=O) groups is 1. The largest absolute Gasteiger partial charge is 0.355 e. The van der Waals surface area contributed by atoms with Crippen molar-refractivity contribution >= 4 is 33.9 Å². The second-order valence-electron chi connectivity index (χ2n) is 8.59. The van der Waals surface area contributed by atoms with Crippen LogP contribution in [0.3, 0.4) is 0 Å². The first-order chi connectivity index (χ1) is 16.2. The molecule has 1 N–H and O–H groups in total. The van der Waals surface area contributed by atoms with Gasteiger partial charge in [-0.2, -0.15) is 4.31 Å². The van der Waals surface area contributed by atoms with Crippen LogP contribution in [0, 0.1) is 26.7 Å². The van der Waals surface area contributed by atoms with Crippen LogP contribution >= 0.6 is 0 Å². The molecule has 3 heterocycles. The molecule has 1 aliphatic rings. The summed E-state index contributed by atoms with van der Waals surface area (Å²) in [6, 6.07) is 11.5. The van der Waals surface area contributed by atoms with Crippen molar-refractivity contribution < 1.29 is 17.7 Å². The van der Waals surface area contributed by atoms with Crippen LogP contribution in [-0.4, -0.2) is 41.9 Å². The Morgan fingerprint density at radius 3 is 2.35 bits per heavy atom. The van der Waals surface area contributed by atoms with E-state index in [1.807, 2.05) is 44.2 Å². The number of pyridine rings is 1. The van der Waals surface area contributed by atoms with Gasteiger partial charge < -0.3 is 9.84 Å². The number of piperidine rings is 1. The molecule has 0 saturated carbocycles. The Labute approximate surface area is 199 Å². The fraction of sp³-hybridized carbons (Fsp3) is 0.320. The molecule has 0 atom stereocenters. The quantitative estimate of drug-likeness (QED) is 0.567. The molecule has 3 aromatic rings. The molecule has 9 heteroatoms. The molecule has 2 aromatic heterocycles. The minimum absolute atomic E-state index is 0.0719. The second kappa shape index (κ2) is 9.90. The number of anilines is 1. The molecule has 0 bridgehead atoms. The third-order valence-electron chi connectivity index (χ3n) is 5.92. The molecule has 1 amide bonds. The number of carbonyl (C=O) groups excluding carboxylic acids is 1. The average molecular weight is 481 g/mol. The molecule has 0 aliphatic carbocycles. The second-order valence-corrected chi connectivity index (χ2v) is 10.5. The van der Waals surface area contributed by atoms with Gasteiger partial charge in [0.2, 0.25) is 15.9 Å². The fourth-order valence-electron chi connectivity index (χ4n) is 3.91.